The van der Waals surface area contributed by atoms with Crippen molar-refractivity contribution in [1.29, 1.82) is 0 Å². The summed E-state index contributed by atoms with van der Waals surface area (Å²) in [7, 11) is 2.58. The molecule has 0 aromatic heterocycles. The summed E-state index contributed by atoms with van der Waals surface area (Å²) in [6.45, 7) is 11.5. The minimum Gasteiger partial charge on any atom is -0.379 e. The molecule has 1 rings (SSSR count). The van der Waals surface area contributed by atoms with Crippen molar-refractivity contribution in [1.82, 2.24) is 10.2 Å². The van der Waals surface area contributed by atoms with Gasteiger partial charge in [-0.05, 0) is 18.4 Å². The van der Waals surface area contributed by atoms with Crippen LogP contribution in [0.25, 0.3) is 0 Å². The number of nitrogens with zero attached hydrogens (tertiary/aromatic N) is 1. The maximum Gasteiger partial charge on any atom is 0.500 e. The van der Waals surface area contributed by atoms with Crippen LogP contribution in [-0.2, 0) is 18.0 Å². The molecule has 6 nitrogen and oxygen atoms in total. The second-order valence-electron chi connectivity index (χ2n) is 6.63. The van der Waals surface area contributed by atoms with Crippen LogP contribution in [0.4, 0.5) is 0 Å². The standard InChI is InChI=1S/C15H34N2O4Si/c1-15(2,14-17-8-10-21-11-9-17)13-16-7-6-12-22(18-3,19-4)20-5/h16H,6-14H2,1-5H3. The number of rotatable bonds is 11. The highest BCUT2D eigenvalue weighted by Crippen LogP contribution is 2.17. The normalized spacial score (nSPS) is 17.9. The lowest BCUT2D eigenvalue weighted by Gasteiger charge is -2.35. The molecule has 22 heavy (non-hydrogen) atoms. The fourth-order valence-corrected chi connectivity index (χ4v) is 4.56. The van der Waals surface area contributed by atoms with E-state index < -0.39 is 8.80 Å². The summed E-state index contributed by atoms with van der Waals surface area (Å²) >= 11 is 0. The van der Waals surface area contributed by atoms with Crippen LogP contribution in [0.2, 0.25) is 6.04 Å². The quantitative estimate of drug-likeness (QED) is 0.453. The van der Waals surface area contributed by atoms with Crippen LogP contribution in [0.3, 0.4) is 0 Å². The van der Waals surface area contributed by atoms with Crippen LogP contribution in [0.1, 0.15) is 20.3 Å². The zero-order chi connectivity index (χ0) is 16.5. The third-order valence-corrected chi connectivity index (χ3v) is 6.96. The zero-order valence-electron chi connectivity index (χ0n) is 14.9. The highest BCUT2D eigenvalue weighted by Gasteiger charge is 2.36. The van der Waals surface area contributed by atoms with Crippen molar-refractivity contribution in [3.63, 3.8) is 0 Å². The molecule has 0 bridgehead atoms. The lowest BCUT2D eigenvalue weighted by molar-refractivity contribution is 0.0213. The van der Waals surface area contributed by atoms with Gasteiger partial charge in [0.05, 0.1) is 13.2 Å². The van der Waals surface area contributed by atoms with Gasteiger partial charge in [0.1, 0.15) is 0 Å². The fourth-order valence-electron chi connectivity index (χ4n) is 2.83. The third-order valence-electron chi connectivity index (χ3n) is 4.13. The molecule has 0 spiro atoms. The summed E-state index contributed by atoms with van der Waals surface area (Å²) in [5.74, 6) is 0. The summed E-state index contributed by atoms with van der Waals surface area (Å²) in [4.78, 5) is 2.49. The Bertz CT molecular complexity index is 287. The van der Waals surface area contributed by atoms with Crippen molar-refractivity contribution in [3.8, 4) is 0 Å². The molecule has 0 aromatic rings. The van der Waals surface area contributed by atoms with Gasteiger partial charge in [-0.3, -0.25) is 4.90 Å². The smallest absolute Gasteiger partial charge is 0.379 e. The predicted octanol–water partition coefficient (Wildman–Crippen LogP) is 1.20. The Labute approximate surface area is 136 Å². The lowest BCUT2D eigenvalue weighted by Crippen LogP contribution is -2.46. The van der Waals surface area contributed by atoms with Gasteiger partial charge in [0.25, 0.3) is 0 Å². The molecule has 1 aliphatic rings. The molecule has 0 radical (unpaired) electrons. The SMILES string of the molecule is CO[Si](CCCNCC(C)(C)CN1CCOCC1)(OC)OC. The van der Waals surface area contributed by atoms with Crippen molar-refractivity contribution in [3.05, 3.63) is 0 Å². The van der Waals surface area contributed by atoms with E-state index in [1.807, 2.05) is 0 Å². The Kier molecular flexibility index (Phi) is 9.07. The third kappa shape index (κ3) is 7.04. The molecule has 1 fully saturated rings. The summed E-state index contributed by atoms with van der Waals surface area (Å²) in [6.07, 6.45) is 0.995. The number of ether oxygens (including phenoxy) is 1. The monoisotopic (exact) mass is 334 g/mol. The van der Waals surface area contributed by atoms with Gasteiger partial charge in [-0.2, -0.15) is 0 Å². The van der Waals surface area contributed by atoms with Crippen LogP contribution >= 0.6 is 0 Å². The van der Waals surface area contributed by atoms with Gasteiger partial charge >= 0.3 is 8.80 Å². The van der Waals surface area contributed by atoms with Crippen LogP contribution in [0, 0.1) is 5.41 Å². The summed E-state index contributed by atoms with van der Waals surface area (Å²) in [5.41, 5.74) is 0.260. The Hall–Kier alpha value is -0.0231. The molecule has 0 aliphatic carbocycles. The summed E-state index contributed by atoms with van der Waals surface area (Å²) in [5, 5.41) is 3.56. The van der Waals surface area contributed by atoms with Crippen LogP contribution in [0.5, 0.6) is 0 Å². The molecular weight excluding hydrogens is 300 g/mol. The van der Waals surface area contributed by atoms with E-state index in [9.17, 15) is 0 Å². The lowest BCUT2D eigenvalue weighted by atomic mass is 9.92. The highest BCUT2D eigenvalue weighted by molar-refractivity contribution is 6.60. The first-order valence-corrected chi connectivity index (χ1v) is 10.1. The van der Waals surface area contributed by atoms with E-state index in [-0.39, 0.29) is 5.41 Å². The van der Waals surface area contributed by atoms with Gasteiger partial charge in [0, 0.05) is 53.6 Å². The largest absolute Gasteiger partial charge is 0.500 e. The van der Waals surface area contributed by atoms with Gasteiger partial charge in [-0.15, -0.1) is 0 Å². The second kappa shape index (κ2) is 9.97. The van der Waals surface area contributed by atoms with Crippen molar-refractivity contribution in [2.75, 3.05) is 67.3 Å². The van der Waals surface area contributed by atoms with E-state index >= 15 is 0 Å². The van der Waals surface area contributed by atoms with E-state index in [0.717, 1.165) is 58.4 Å². The zero-order valence-corrected chi connectivity index (χ0v) is 15.9. The van der Waals surface area contributed by atoms with Gasteiger partial charge in [-0.25, -0.2) is 0 Å². The molecule has 0 atom stereocenters. The summed E-state index contributed by atoms with van der Waals surface area (Å²) < 4.78 is 21.7. The van der Waals surface area contributed by atoms with Gasteiger partial charge in [0.2, 0.25) is 0 Å². The molecule has 0 saturated carbocycles. The molecule has 132 valence electrons. The highest BCUT2D eigenvalue weighted by atomic mass is 28.4. The predicted molar refractivity (Wildman–Crippen MR) is 90.1 cm³/mol. The van der Waals surface area contributed by atoms with E-state index in [1.54, 1.807) is 21.3 Å². The number of hydrogen-bond donors (Lipinski definition) is 1. The Morgan fingerprint density at radius 3 is 2.23 bits per heavy atom. The number of hydrogen-bond acceptors (Lipinski definition) is 6. The first kappa shape index (κ1) is 20.0. The molecule has 1 aliphatic heterocycles. The molecule has 7 heteroatoms. The van der Waals surface area contributed by atoms with Crippen LogP contribution < -0.4 is 5.32 Å². The molecule has 0 aromatic carbocycles. The van der Waals surface area contributed by atoms with E-state index in [4.69, 9.17) is 18.0 Å². The first-order chi connectivity index (χ1) is 10.5. The average molecular weight is 335 g/mol. The van der Waals surface area contributed by atoms with Gasteiger partial charge in [0.15, 0.2) is 0 Å². The van der Waals surface area contributed by atoms with Crippen molar-refractivity contribution in [2.24, 2.45) is 5.41 Å². The Morgan fingerprint density at radius 1 is 1.09 bits per heavy atom. The number of nitrogens with one attached hydrogen (secondary N) is 1. The van der Waals surface area contributed by atoms with E-state index in [0.29, 0.717) is 0 Å². The van der Waals surface area contributed by atoms with Gasteiger partial charge < -0.3 is 23.3 Å². The molecule has 1 saturated heterocycles. The fraction of sp³-hybridized carbons (Fsp3) is 1.00. The van der Waals surface area contributed by atoms with Crippen molar-refractivity contribution >= 4 is 8.80 Å². The number of morpholine rings is 1. The van der Waals surface area contributed by atoms with E-state index in [2.05, 4.69) is 24.1 Å². The van der Waals surface area contributed by atoms with E-state index in [1.165, 1.54) is 0 Å². The minimum atomic E-state index is -2.41. The second-order valence-corrected chi connectivity index (χ2v) is 9.72. The minimum absolute atomic E-state index is 0.260. The molecule has 0 amide bonds. The van der Waals surface area contributed by atoms with Crippen LogP contribution in [0.15, 0.2) is 0 Å². The maximum absolute atomic E-state index is 5.43. The first-order valence-electron chi connectivity index (χ1n) is 8.13. The van der Waals surface area contributed by atoms with Gasteiger partial charge in [-0.1, -0.05) is 13.8 Å². The van der Waals surface area contributed by atoms with Crippen molar-refractivity contribution < 1.29 is 18.0 Å². The van der Waals surface area contributed by atoms with Crippen LogP contribution in [-0.4, -0.2) is 81.0 Å². The molecular formula is C15H34N2O4Si. The van der Waals surface area contributed by atoms with Crippen molar-refractivity contribution in [2.45, 2.75) is 26.3 Å². The molecule has 1 N–H and O–H groups in total. The average Bonchev–Trinajstić information content (AvgIpc) is 2.52. The Morgan fingerprint density at radius 2 is 1.68 bits per heavy atom. The molecule has 1 heterocycles. The summed E-state index contributed by atoms with van der Waals surface area (Å²) in [6, 6.07) is 0.841. The maximum atomic E-state index is 5.43. The Balaban J connectivity index is 2.19. The molecule has 0 unspecified atom stereocenters. The topological polar surface area (TPSA) is 52.2 Å².